The highest BCUT2D eigenvalue weighted by molar-refractivity contribution is 8.00. The number of rotatable bonds is 2. The maximum atomic E-state index is 12.7. The highest BCUT2D eigenvalue weighted by atomic mass is 32.2. The first kappa shape index (κ1) is 14.7. The molecule has 1 saturated heterocycles. The van der Waals surface area contributed by atoms with E-state index in [0.29, 0.717) is 23.7 Å². The Bertz CT molecular complexity index is 582. The zero-order valence-electron chi connectivity index (χ0n) is 11.5. The molecule has 0 spiro atoms. The summed E-state index contributed by atoms with van der Waals surface area (Å²) < 4.78 is 27.0. The zero-order chi connectivity index (χ0) is 14.3. The molecule has 0 saturated carbocycles. The van der Waals surface area contributed by atoms with Crippen LogP contribution in [-0.2, 0) is 10.0 Å². The first-order valence-corrected chi connectivity index (χ1v) is 8.65. The molecule has 0 aromatic heterocycles. The van der Waals surface area contributed by atoms with Crippen molar-refractivity contribution in [1.29, 1.82) is 0 Å². The minimum atomic E-state index is -3.45. The average Bonchev–Trinajstić information content (AvgIpc) is 2.31. The summed E-state index contributed by atoms with van der Waals surface area (Å²) in [7, 11) is -3.45. The van der Waals surface area contributed by atoms with Gasteiger partial charge in [0.05, 0.1) is 4.90 Å². The van der Waals surface area contributed by atoms with Gasteiger partial charge in [0.1, 0.15) is 0 Å². The highest BCUT2D eigenvalue weighted by Gasteiger charge is 2.35. The van der Waals surface area contributed by atoms with E-state index >= 15 is 0 Å². The van der Waals surface area contributed by atoms with Crippen LogP contribution in [0.1, 0.15) is 19.4 Å². The van der Waals surface area contributed by atoms with E-state index in [1.165, 1.54) is 0 Å². The smallest absolute Gasteiger partial charge is 0.243 e. The zero-order valence-corrected chi connectivity index (χ0v) is 13.1. The molecule has 1 fully saturated rings. The lowest BCUT2D eigenvalue weighted by Crippen LogP contribution is -2.46. The second-order valence-electron chi connectivity index (χ2n) is 5.47. The third-order valence-electron chi connectivity index (χ3n) is 3.22. The van der Waals surface area contributed by atoms with Crippen LogP contribution >= 0.6 is 11.8 Å². The van der Waals surface area contributed by atoms with Gasteiger partial charge in [0, 0.05) is 29.3 Å². The van der Waals surface area contributed by atoms with Gasteiger partial charge in [-0.3, -0.25) is 0 Å². The standard InChI is InChI=1S/C13H20N2O2S2/c1-10-4-5-11(14)8-12(10)19(16,17)15-6-7-18-13(2,3)9-15/h4-5,8H,6-7,9,14H2,1-3H3. The monoisotopic (exact) mass is 300 g/mol. The largest absolute Gasteiger partial charge is 0.399 e. The van der Waals surface area contributed by atoms with Crippen LogP contribution in [0.5, 0.6) is 0 Å². The van der Waals surface area contributed by atoms with Crippen LogP contribution in [0.15, 0.2) is 23.1 Å². The molecule has 6 heteroatoms. The number of hydrogen-bond acceptors (Lipinski definition) is 4. The molecule has 2 N–H and O–H groups in total. The van der Waals surface area contributed by atoms with Gasteiger partial charge >= 0.3 is 0 Å². The molecule has 0 aliphatic carbocycles. The maximum Gasteiger partial charge on any atom is 0.243 e. The predicted molar refractivity (Wildman–Crippen MR) is 80.9 cm³/mol. The Morgan fingerprint density at radius 3 is 2.68 bits per heavy atom. The molecule has 106 valence electrons. The molecule has 1 aromatic rings. The van der Waals surface area contributed by atoms with Gasteiger partial charge in [-0.15, -0.1) is 0 Å². The number of hydrogen-bond donors (Lipinski definition) is 1. The molecule has 1 aliphatic heterocycles. The highest BCUT2D eigenvalue weighted by Crippen LogP contribution is 2.33. The van der Waals surface area contributed by atoms with Crippen molar-refractivity contribution in [3.8, 4) is 0 Å². The van der Waals surface area contributed by atoms with E-state index in [2.05, 4.69) is 13.8 Å². The normalized spacial score (nSPS) is 20.4. The van der Waals surface area contributed by atoms with E-state index in [9.17, 15) is 8.42 Å². The number of anilines is 1. The fourth-order valence-corrected chi connectivity index (χ4v) is 5.38. The Kier molecular flexibility index (Phi) is 3.86. The van der Waals surface area contributed by atoms with E-state index in [1.54, 1.807) is 29.4 Å². The molecule has 0 atom stereocenters. The molecule has 1 heterocycles. The van der Waals surface area contributed by atoms with Crippen molar-refractivity contribution in [2.24, 2.45) is 0 Å². The molecule has 2 rings (SSSR count). The predicted octanol–water partition coefficient (Wildman–Crippen LogP) is 2.09. The Hall–Kier alpha value is -0.720. The van der Waals surface area contributed by atoms with Gasteiger partial charge in [0.15, 0.2) is 0 Å². The van der Waals surface area contributed by atoms with Gasteiger partial charge < -0.3 is 5.73 Å². The van der Waals surface area contributed by atoms with Crippen molar-refractivity contribution < 1.29 is 8.42 Å². The Morgan fingerprint density at radius 2 is 2.05 bits per heavy atom. The molecule has 4 nitrogen and oxygen atoms in total. The first-order chi connectivity index (χ1) is 8.72. The molecule has 1 aliphatic rings. The number of nitrogens with zero attached hydrogens (tertiary/aromatic N) is 1. The number of benzene rings is 1. The summed E-state index contributed by atoms with van der Waals surface area (Å²) in [5.74, 6) is 0.827. The van der Waals surface area contributed by atoms with Crippen LogP contribution < -0.4 is 5.73 Å². The fraction of sp³-hybridized carbons (Fsp3) is 0.538. The third kappa shape index (κ3) is 3.07. The SMILES string of the molecule is Cc1ccc(N)cc1S(=O)(=O)N1CCSC(C)(C)C1. The Balaban J connectivity index is 2.39. The molecular weight excluding hydrogens is 280 g/mol. The molecule has 0 radical (unpaired) electrons. The van der Waals surface area contributed by atoms with Gasteiger partial charge in [-0.25, -0.2) is 8.42 Å². The number of aryl methyl sites for hydroxylation is 1. The van der Waals surface area contributed by atoms with Gasteiger partial charge in [0.2, 0.25) is 10.0 Å². The molecule has 0 amide bonds. The van der Waals surface area contributed by atoms with E-state index < -0.39 is 10.0 Å². The number of nitrogens with two attached hydrogens (primary N) is 1. The fourth-order valence-electron chi connectivity index (χ4n) is 2.21. The average molecular weight is 300 g/mol. The number of sulfonamides is 1. The summed E-state index contributed by atoms with van der Waals surface area (Å²) in [6.45, 7) is 7.05. The Labute approximate surface area is 119 Å². The third-order valence-corrected chi connectivity index (χ3v) is 6.51. The van der Waals surface area contributed by atoms with E-state index in [-0.39, 0.29) is 4.75 Å². The maximum absolute atomic E-state index is 12.7. The van der Waals surface area contributed by atoms with Crippen molar-refractivity contribution in [1.82, 2.24) is 4.31 Å². The second-order valence-corrected chi connectivity index (χ2v) is 9.18. The minimum absolute atomic E-state index is 0.0421. The molecule has 0 bridgehead atoms. The van der Waals surface area contributed by atoms with Crippen LogP contribution in [0.25, 0.3) is 0 Å². The first-order valence-electron chi connectivity index (χ1n) is 6.23. The molecule has 1 aromatic carbocycles. The number of thioether (sulfide) groups is 1. The summed E-state index contributed by atoms with van der Waals surface area (Å²) in [6.07, 6.45) is 0. The lowest BCUT2D eigenvalue weighted by atomic mass is 10.2. The lowest BCUT2D eigenvalue weighted by Gasteiger charge is -2.36. The van der Waals surface area contributed by atoms with Gasteiger partial charge in [0.25, 0.3) is 0 Å². The van der Waals surface area contributed by atoms with Gasteiger partial charge in [-0.05, 0) is 38.5 Å². The summed E-state index contributed by atoms with van der Waals surface area (Å²) in [5.41, 5.74) is 6.94. The van der Waals surface area contributed by atoms with Crippen molar-refractivity contribution >= 4 is 27.5 Å². The van der Waals surface area contributed by atoms with E-state index in [1.807, 2.05) is 11.8 Å². The quantitative estimate of drug-likeness (QED) is 0.850. The molecule has 19 heavy (non-hydrogen) atoms. The minimum Gasteiger partial charge on any atom is -0.399 e. The summed E-state index contributed by atoms with van der Waals surface area (Å²) in [6, 6.07) is 5.04. The van der Waals surface area contributed by atoms with Crippen LogP contribution in [0.2, 0.25) is 0 Å². The van der Waals surface area contributed by atoms with Gasteiger partial charge in [-0.1, -0.05) is 6.07 Å². The number of nitrogen functional groups attached to an aromatic ring is 1. The Morgan fingerprint density at radius 1 is 1.37 bits per heavy atom. The van der Waals surface area contributed by atoms with E-state index in [4.69, 9.17) is 5.73 Å². The summed E-state index contributed by atoms with van der Waals surface area (Å²) in [4.78, 5) is 0.329. The van der Waals surface area contributed by atoms with Crippen molar-refractivity contribution in [3.05, 3.63) is 23.8 Å². The lowest BCUT2D eigenvalue weighted by molar-refractivity contribution is 0.387. The van der Waals surface area contributed by atoms with Crippen LogP contribution in [0.3, 0.4) is 0 Å². The van der Waals surface area contributed by atoms with Crippen molar-refractivity contribution in [2.75, 3.05) is 24.6 Å². The van der Waals surface area contributed by atoms with E-state index in [0.717, 1.165) is 11.3 Å². The summed E-state index contributed by atoms with van der Waals surface area (Å²) >= 11 is 1.81. The second kappa shape index (κ2) is 5.00. The molecule has 0 unspecified atom stereocenters. The van der Waals surface area contributed by atoms with Crippen LogP contribution in [-0.4, -0.2) is 36.3 Å². The van der Waals surface area contributed by atoms with Crippen molar-refractivity contribution in [3.63, 3.8) is 0 Å². The van der Waals surface area contributed by atoms with Crippen LogP contribution in [0, 0.1) is 6.92 Å². The summed E-state index contributed by atoms with van der Waals surface area (Å²) in [5, 5.41) is 0. The molecular formula is C13H20N2O2S2. The van der Waals surface area contributed by atoms with Crippen molar-refractivity contribution in [2.45, 2.75) is 30.4 Å². The topological polar surface area (TPSA) is 63.4 Å². The van der Waals surface area contributed by atoms with Crippen LogP contribution in [0.4, 0.5) is 5.69 Å². The van der Waals surface area contributed by atoms with Gasteiger partial charge in [-0.2, -0.15) is 16.1 Å².